The van der Waals surface area contributed by atoms with Crippen LogP contribution in [0.2, 0.25) is 0 Å². The summed E-state index contributed by atoms with van der Waals surface area (Å²) in [6.07, 6.45) is 7.57. The average Bonchev–Trinajstić information content (AvgIpc) is 3.49. The van der Waals surface area contributed by atoms with Crippen LogP contribution in [0.15, 0.2) is 24.3 Å². The first-order valence-corrected chi connectivity index (χ1v) is 15.2. The molecule has 1 spiro atoms. The number of hydrogen-bond donors (Lipinski definition) is 1. The molecule has 4 fully saturated rings. The van der Waals surface area contributed by atoms with Crippen LogP contribution in [0.1, 0.15) is 76.3 Å². The summed E-state index contributed by atoms with van der Waals surface area (Å²) in [5, 5.41) is 12.1. The van der Waals surface area contributed by atoms with Crippen molar-refractivity contribution in [1.82, 2.24) is 9.21 Å². The van der Waals surface area contributed by atoms with Gasteiger partial charge in [0.2, 0.25) is 15.9 Å². The maximum absolute atomic E-state index is 14.0. The van der Waals surface area contributed by atoms with Crippen molar-refractivity contribution in [3.63, 3.8) is 0 Å². The van der Waals surface area contributed by atoms with Crippen molar-refractivity contribution in [3.05, 3.63) is 35.4 Å². The summed E-state index contributed by atoms with van der Waals surface area (Å²) in [5.74, 6) is 0.376. The maximum Gasteiger partial charge on any atom is 0.222 e. The van der Waals surface area contributed by atoms with Gasteiger partial charge in [-0.05, 0) is 79.2 Å². The number of hydrogen-bond acceptors (Lipinski definition) is 4. The quantitative estimate of drug-likeness (QED) is 0.672. The van der Waals surface area contributed by atoms with E-state index in [0.29, 0.717) is 44.8 Å². The first-order valence-electron chi connectivity index (χ1n) is 13.6. The molecule has 2 heterocycles. The molecule has 0 radical (unpaired) electrons. The summed E-state index contributed by atoms with van der Waals surface area (Å²) < 4.78 is 29.7. The highest BCUT2D eigenvalue weighted by Crippen LogP contribution is 2.70. The average molecular weight is 501 g/mol. The zero-order chi connectivity index (χ0) is 24.7. The second-order valence-electron chi connectivity index (χ2n) is 12.8. The topological polar surface area (TPSA) is 77.9 Å². The van der Waals surface area contributed by atoms with Crippen LogP contribution in [0.5, 0.6) is 0 Å². The van der Waals surface area contributed by atoms with E-state index in [2.05, 4.69) is 38.1 Å². The molecule has 3 aliphatic carbocycles. The monoisotopic (exact) mass is 500 g/mol. The fourth-order valence-electron chi connectivity index (χ4n) is 8.96. The molecule has 6 rings (SSSR count). The van der Waals surface area contributed by atoms with Crippen molar-refractivity contribution in [2.75, 3.05) is 31.9 Å². The minimum atomic E-state index is -3.55. The number of rotatable bonds is 5. The van der Waals surface area contributed by atoms with Crippen LogP contribution in [-0.4, -0.2) is 66.2 Å². The number of likely N-dealkylation sites (tertiary alicyclic amines) is 1. The van der Waals surface area contributed by atoms with Crippen molar-refractivity contribution in [3.8, 4) is 0 Å². The van der Waals surface area contributed by atoms with Crippen molar-refractivity contribution in [2.45, 2.75) is 82.7 Å². The predicted molar refractivity (Wildman–Crippen MR) is 135 cm³/mol. The number of carbonyl (C=O) groups excluding carboxylic acids is 1. The minimum Gasteiger partial charge on any atom is -0.387 e. The predicted octanol–water partition coefficient (Wildman–Crippen LogP) is 3.48. The molecule has 1 amide bonds. The lowest BCUT2D eigenvalue weighted by Crippen LogP contribution is -2.60. The van der Waals surface area contributed by atoms with Crippen LogP contribution in [0.3, 0.4) is 0 Å². The second-order valence-corrected chi connectivity index (χ2v) is 14.8. The van der Waals surface area contributed by atoms with Gasteiger partial charge < -0.3 is 10.0 Å². The lowest BCUT2D eigenvalue weighted by atomic mass is 9.64. The van der Waals surface area contributed by atoms with Crippen LogP contribution in [0, 0.1) is 16.7 Å². The van der Waals surface area contributed by atoms with Crippen LogP contribution < -0.4 is 0 Å². The van der Waals surface area contributed by atoms with Gasteiger partial charge in [0, 0.05) is 38.0 Å². The van der Waals surface area contributed by atoms with E-state index in [1.165, 1.54) is 11.1 Å². The standard InChI is InChI=1S/C28H40N2O4S/c1-25(2)22-10-12-27(25,28(32,18-22)19-29-15-5-8-24(29)31)20-35(33,34)30-16-13-26(14-17-30)11-9-21-6-3-4-7-23(21)26/h3-4,6-7,22,32H,5,8-20H2,1-2H3/t22-,27+,28+/m1/s1. The Bertz CT molecular complexity index is 1140. The number of sulfonamides is 1. The van der Waals surface area contributed by atoms with Crippen LogP contribution in [0.4, 0.5) is 0 Å². The van der Waals surface area contributed by atoms with E-state index in [1.807, 2.05) is 0 Å². The molecule has 192 valence electrons. The number of aryl methyl sites for hydroxylation is 1. The molecule has 2 bridgehead atoms. The zero-order valence-electron chi connectivity index (χ0n) is 21.3. The van der Waals surface area contributed by atoms with Crippen molar-refractivity contribution in [1.29, 1.82) is 0 Å². The Hall–Kier alpha value is -1.44. The van der Waals surface area contributed by atoms with Gasteiger partial charge in [0.15, 0.2) is 0 Å². The van der Waals surface area contributed by atoms with Crippen LogP contribution in [0.25, 0.3) is 0 Å². The van der Waals surface area contributed by atoms with Gasteiger partial charge in [-0.2, -0.15) is 0 Å². The Kier molecular flexibility index (Phi) is 5.32. The molecule has 1 N–H and O–H groups in total. The normalized spacial score (nSPS) is 35.8. The van der Waals surface area contributed by atoms with Crippen LogP contribution >= 0.6 is 0 Å². The molecule has 2 saturated carbocycles. The van der Waals surface area contributed by atoms with Gasteiger partial charge in [0.25, 0.3) is 0 Å². The van der Waals surface area contributed by atoms with Crippen molar-refractivity contribution in [2.24, 2.45) is 16.7 Å². The van der Waals surface area contributed by atoms with E-state index in [9.17, 15) is 18.3 Å². The summed E-state index contributed by atoms with van der Waals surface area (Å²) in [5.41, 5.74) is 0.821. The largest absolute Gasteiger partial charge is 0.387 e. The third kappa shape index (κ3) is 3.33. The summed E-state index contributed by atoms with van der Waals surface area (Å²) in [6.45, 7) is 6.38. The number of piperidine rings is 1. The summed E-state index contributed by atoms with van der Waals surface area (Å²) >= 11 is 0. The zero-order valence-corrected chi connectivity index (χ0v) is 22.1. The van der Waals surface area contributed by atoms with Gasteiger partial charge in [0.1, 0.15) is 0 Å². The highest BCUT2D eigenvalue weighted by molar-refractivity contribution is 7.89. The molecule has 1 aromatic rings. The number of carbonyl (C=O) groups is 1. The highest BCUT2D eigenvalue weighted by Gasteiger charge is 2.72. The van der Waals surface area contributed by atoms with Crippen LogP contribution in [-0.2, 0) is 26.7 Å². The number of amides is 1. The fourth-order valence-corrected chi connectivity index (χ4v) is 11.3. The van der Waals surface area contributed by atoms with Gasteiger partial charge in [-0.3, -0.25) is 4.79 Å². The molecule has 5 aliphatic rings. The number of benzene rings is 1. The molecule has 6 nitrogen and oxygen atoms in total. The molecule has 2 saturated heterocycles. The summed E-state index contributed by atoms with van der Waals surface area (Å²) in [4.78, 5) is 14.2. The molecular weight excluding hydrogens is 460 g/mol. The molecule has 2 aliphatic heterocycles. The van der Waals surface area contributed by atoms with E-state index < -0.39 is 21.0 Å². The first-order chi connectivity index (χ1) is 16.5. The Balaban J connectivity index is 1.24. The summed E-state index contributed by atoms with van der Waals surface area (Å²) in [6, 6.07) is 8.67. The fraction of sp³-hybridized carbons (Fsp3) is 0.750. The molecular formula is C28H40N2O4S. The Morgan fingerprint density at radius 2 is 1.77 bits per heavy atom. The first kappa shape index (κ1) is 23.9. The Morgan fingerprint density at radius 1 is 1.03 bits per heavy atom. The third-order valence-corrected chi connectivity index (χ3v) is 13.2. The smallest absolute Gasteiger partial charge is 0.222 e. The molecule has 35 heavy (non-hydrogen) atoms. The molecule has 3 atom stereocenters. The van der Waals surface area contributed by atoms with E-state index in [0.717, 1.165) is 38.5 Å². The van der Waals surface area contributed by atoms with Crippen molar-refractivity contribution < 1.29 is 18.3 Å². The summed E-state index contributed by atoms with van der Waals surface area (Å²) in [7, 11) is -3.55. The van der Waals surface area contributed by atoms with Gasteiger partial charge in [-0.25, -0.2) is 12.7 Å². The van der Waals surface area contributed by atoms with Gasteiger partial charge in [-0.15, -0.1) is 0 Å². The molecule has 0 unspecified atom stereocenters. The highest BCUT2D eigenvalue weighted by atomic mass is 32.2. The van der Waals surface area contributed by atoms with E-state index in [4.69, 9.17) is 0 Å². The number of nitrogens with zero attached hydrogens (tertiary/aromatic N) is 2. The maximum atomic E-state index is 14.0. The van der Waals surface area contributed by atoms with Crippen molar-refractivity contribution >= 4 is 15.9 Å². The van der Waals surface area contributed by atoms with E-state index in [1.54, 1.807) is 9.21 Å². The number of β-amino-alcohol motifs (C(OH)–C–C–N with tert-alkyl or cyclic N) is 1. The SMILES string of the molecule is CC1(C)[C@@H]2CC[C@@]1(CS(=O)(=O)N1CCC3(CCc4ccccc43)CC1)[C@@](O)(CN1CCCC1=O)C2. The second kappa shape index (κ2) is 7.78. The van der Waals surface area contributed by atoms with Gasteiger partial charge >= 0.3 is 0 Å². The molecule has 0 aromatic heterocycles. The molecule has 7 heteroatoms. The Labute approximate surface area is 210 Å². The lowest BCUT2D eigenvalue weighted by molar-refractivity contribution is -0.139. The van der Waals surface area contributed by atoms with Gasteiger partial charge in [-0.1, -0.05) is 38.1 Å². The van der Waals surface area contributed by atoms with E-state index in [-0.39, 0.29) is 29.0 Å². The lowest BCUT2D eigenvalue weighted by Gasteiger charge is -2.50. The Morgan fingerprint density at radius 3 is 2.46 bits per heavy atom. The third-order valence-electron chi connectivity index (χ3n) is 11.2. The van der Waals surface area contributed by atoms with E-state index >= 15 is 0 Å². The van der Waals surface area contributed by atoms with Gasteiger partial charge in [0.05, 0.1) is 11.4 Å². The minimum absolute atomic E-state index is 0.00832. The number of fused-ring (bicyclic) bond motifs is 4. The number of aliphatic hydroxyl groups is 1. The molecule has 1 aromatic carbocycles.